The Bertz CT molecular complexity index is 400. The second kappa shape index (κ2) is 5.74. The lowest BCUT2D eigenvalue weighted by Crippen LogP contribution is -2.37. The number of nitrogens with one attached hydrogen (secondary N) is 1. The fourth-order valence-corrected chi connectivity index (χ4v) is 2.54. The van der Waals surface area contributed by atoms with Gasteiger partial charge in [-0.1, -0.05) is 17.7 Å². The predicted octanol–water partition coefficient (Wildman–Crippen LogP) is 3.62. The van der Waals surface area contributed by atoms with E-state index < -0.39 is 0 Å². The summed E-state index contributed by atoms with van der Waals surface area (Å²) in [6.45, 7) is 0. The number of carbonyl (C=O) groups excluding carboxylic acids is 1. The SMILES string of the molecule is O=C(NC1CCC(Cl)CC1)c1cccc(Cl)c1. The van der Waals surface area contributed by atoms with Crippen molar-refractivity contribution in [2.75, 3.05) is 0 Å². The first kappa shape index (κ1) is 12.7. The first-order valence-electron chi connectivity index (χ1n) is 5.85. The smallest absolute Gasteiger partial charge is 0.251 e. The summed E-state index contributed by atoms with van der Waals surface area (Å²) in [5, 5.41) is 3.88. The molecule has 4 heteroatoms. The van der Waals surface area contributed by atoms with E-state index in [1.54, 1.807) is 24.3 Å². The Balaban J connectivity index is 1.93. The minimum Gasteiger partial charge on any atom is -0.349 e. The molecule has 1 N–H and O–H groups in total. The molecule has 2 nitrogen and oxygen atoms in total. The van der Waals surface area contributed by atoms with E-state index in [0.717, 1.165) is 25.7 Å². The fourth-order valence-electron chi connectivity index (χ4n) is 2.10. The molecule has 0 spiro atoms. The average Bonchev–Trinajstić information content (AvgIpc) is 2.32. The van der Waals surface area contributed by atoms with Gasteiger partial charge < -0.3 is 5.32 Å². The average molecular weight is 272 g/mol. The zero-order chi connectivity index (χ0) is 12.3. The zero-order valence-electron chi connectivity index (χ0n) is 9.46. The summed E-state index contributed by atoms with van der Waals surface area (Å²) in [7, 11) is 0. The molecule has 1 aliphatic carbocycles. The summed E-state index contributed by atoms with van der Waals surface area (Å²) in [6, 6.07) is 7.25. The molecule has 0 aromatic heterocycles. The summed E-state index contributed by atoms with van der Waals surface area (Å²) in [5.74, 6) is -0.0504. The number of benzene rings is 1. The van der Waals surface area contributed by atoms with Crippen molar-refractivity contribution in [2.45, 2.75) is 37.1 Å². The van der Waals surface area contributed by atoms with Gasteiger partial charge in [-0.2, -0.15) is 0 Å². The molecule has 1 amide bonds. The van der Waals surface area contributed by atoms with Gasteiger partial charge in [-0.05, 0) is 43.9 Å². The van der Waals surface area contributed by atoms with Crippen molar-refractivity contribution in [2.24, 2.45) is 0 Å². The van der Waals surface area contributed by atoms with E-state index in [2.05, 4.69) is 5.32 Å². The largest absolute Gasteiger partial charge is 0.349 e. The number of halogens is 2. The van der Waals surface area contributed by atoms with Crippen molar-refractivity contribution in [3.8, 4) is 0 Å². The minimum absolute atomic E-state index is 0.0504. The summed E-state index contributed by atoms with van der Waals surface area (Å²) in [4.78, 5) is 11.9. The highest BCUT2D eigenvalue weighted by Crippen LogP contribution is 2.23. The van der Waals surface area contributed by atoms with Crippen LogP contribution in [0.1, 0.15) is 36.0 Å². The third kappa shape index (κ3) is 3.62. The molecule has 1 aromatic carbocycles. The molecule has 0 saturated heterocycles. The second-order valence-corrected chi connectivity index (χ2v) is 5.49. The molecule has 2 rings (SSSR count). The fraction of sp³-hybridized carbons (Fsp3) is 0.462. The third-order valence-corrected chi connectivity index (χ3v) is 3.75. The Morgan fingerprint density at radius 1 is 1.24 bits per heavy atom. The van der Waals surface area contributed by atoms with Gasteiger partial charge in [-0.3, -0.25) is 4.79 Å². The third-order valence-electron chi connectivity index (χ3n) is 3.08. The number of amides is 1. The normalized spacial score (nSPS) is 24.4. The minimum atomic E-state index is -0.0504. The van der Waals surface area contributed by atoms with Crippen LogP contribution in [0.25, 0.3) is 0 Å². The molecule has 0 radical (unpaired) electrons. The number of hydrogen-bond acceptors (Lipinski definition) is 1. The van der Waals surface area contributed by atoms with E-state index in [1.165, 1.54) is 0 Å². The van der Waals surface area contributed by atoms with Crippen LogP contribution in [0, 0.1) is 0 Å². The Kier molecular flexibility index (Phi) is 4.30. The lowest BCUT2D eigenvalue weighted by atomic mass is 9.95. The number of alkyl halides is 1. The van der Waals surface area contributed by atoms with E-state index >= 15 is 0 Å². The van der Waals surface area contributed by atoms with Gasteiger partial charge in [-0.15, -0.1) is 11.6 Å². The van der Waals surface area contributed by atoms with Gasteiger partial charge in [0.1, 0.15) is 0 Å². The Hall–Kier alpha value is -0.730. The summed E-state index contributed by atoms with van der Waals surface area (Å²) in [6.07, 6.45) is 3.87. The van der Waals surface area contributed by atoms with Crippen LogP contribution in [0.4, 0.5) is 0 Å². The maximum absolute atomic E-state index is 11.9. The standard InChI is InChI=1S/C13H15Cl2NO/c14-10-4-6-12(7-5-10)16-13(17)9-2-1-3-11(15)8-9/h1-3,8,10,12H,4-7H2,(H,16,17). The van der Waals surface area contributed by atoms with Crippen LogP contribution in [0.3, 0.4) is 0 Å². The summed E-state index contributed by atoms with van der Waals surface area (Å²) >= 11 is 11.9. The molecule has 1 aliphatic rings. The first-order chi connectivity index (χ1) is 8.15. The first-order valence-corrected chi connectivity index (χ1v) is 6.67. The van der Waals surface area contributed by atoms with Crippen LogP contribution in [-0.2, 0) is 0 Å². The molecule has 0 unspecified atom stereocenters. The topological polar surface area (TPSA) is 29.1 Å². The second-order valence-electron chi connectivity index (χ2n) is 4.43. The molecule has 92 valence electrons. The van der Waals surface area contributed by atoms with Gasteiger partial charge in [0.05, 0.1) is 0 Å². The Morgan fingerprint density at radius 3 is 2.59 bits per heavy atom. The van der Waals surface area contributed by atoms with Gasteiger partial charge in [0, 0.05) is 22.0 Å². The molecule has 0 atom stereocenters. The monoisotopic (exact) mass is 271 g/mol. The van der Waals surface area contributed by atoms with E-state index in [9.17, 15) is 4.79 Å². The molecule has 1 saturated carbocycles. The van der Waals surface area contributed by atoms with Crippen LogP contribution in [0.5, 0.6) is 0 Å². The molecule has 1 fully saturated rings. The molecule has 0 aliphatic heterocycles. The molecular weight excluding hydrogens is 257 g/mol. The van der Waals surface area contributed by atoms with Crippen molar-refractivity contribution < 1.29 is 4.79 Å². The summed E-state index contributed by atoms with van der Waals surface area (Å²) in [5.41, 5.74) is 0.616. The molecule has 0 bridgehead atoms. The van der Waals surface area contributed by atoms with E-state index in [0.29, 0.717) is 10.6 Å². The van der Waals surface area contributed by atoms with Gasteiger partial charge in [0.15, 0.2) is 0 Å². The van der Waals surface area contributed by atoms with Crippen molar-refractivity contribution in [1.29, 1.82) is 0 Å². The maximum atomic E-state index is 11.9. The van der Waals surface area contributed by atoms with Crippen LogP contribution in [0.15, 0.2) is 24.3 Å². The zero-order valence-corrected chi connectivity index (χ0v) is 11.0. The lowest BCUT2D eigenvalue weighted by Gasteiger charge is -2.25. The van der Waals surface area contributed by atoms with E-state index in [-0.39, 0.29) is 17.3 Å². The van der Waals surface area contributed by atoms with E-state index in [1.807, 2.05) is 0 Å². The molecule has 17 heavy (non-hydrogen) atoms. The van der Waals surface area contributed by atoms with Crippen molar-refractivity contribution in [3.05, 3.63) is 34.9 Å². The van der Waals surface area contributed by atoms with Crippen LogP contribution >= 0.6 is 23.2 Å². The van der Waals surface area contributed by atoms with Crippen molar-refractivity contribution >= 4 is 29.1 Å². The van der Waals surface area contributed by atoms with Crippen LogP contribution in [-0.4, -0.2) is 17.3 Å². The summed E-state index contributed by atoms with van der Waals surface area (Å²) < 4.78 is 0. The van der Waals surface area contributed by atoms with Gasteiger partial charge in [0.25, 0.3) is 5.91 Å². The number of hydrogen-bond donors (Lipinski definition) is 1. The number of rotatable bonds is 2. The van der Waals surface area contributed by atoms with Crippen LogP contribution < -0.4 is 5.32 Å². The van der Waals surface area contributed by atoms with Crippen molar-refractivity contribution in [3.63, 3.8) is 0 Å². The highest BCUT2D eigenvalue weighted by molar-refractivity contribution is 6.30. The van der Waals surface area contributed by atoms with Gasteiger partial charge >= 0.3 is 0 Å². The van der Waals surface area contributed by atoms with E-state index in [4.69, 9.17) is 23.2 Å². The van der Waals surface area contributed by atoms with Crippen molar-refractivity contribution in [1.82, 2.24) is 5.32 Å². The van der Waals surface area contributed by atoms with Gasteiger partial charge in [-0.25, -0.2) is 0 Å². The maximum Gasteiger partial charge on any atom is 0.251 e. The van der Waals surface area contributed by atoms with Crippen LogP contribution in [0.2, 0.25) is 5.02 Å². The Labute approximate surface area is 111 Å². The Morgan fingerprint density at radius 2 is 1.94 bits per heavy atom. The highest BCUT2D eigenvalue weighted by Gasteiger charge is 2.21. The molecular formula is C13H15Cl2NO. The molecule has 1 aromatic rings. The quantitative estimate of drug-likeness (QED) is 0.818. The molecule has 0 heterocycles. The van der Waals surface area contributed by atoms with Gasteiger partial charge in [0.2, 0.25) is 0 Å². The predicted molar refractivity (Wildman–Crippen MR) is 70.8 cm³/mol. The number of carbonyl (C=O) groups is 1. The lowest BCUT2D eigenvalue weighted by molar-refractivity contribution is 0.0928. The highest BCUT2D eigenvalue weighted by atomic mass is 35.5.